The van der Waals surface area contributed by atoms with Gasteiger partial charge in [0.05, 0.1) is 31.6 Å². The Morgan fingerprint density at radius 3 is 2.92 bits per heavy atom. The van der Waals surface area contributed by atoms with Gasteiger partial charge in [-0.3, -0.25) is 9.58 Å². The highest BCUT2D eigenvalue weighted by Crippen LogP contribution is 2.37. The molecule has 4 rings (SSSR count). The largest absolute Gasteiger partial charge is 0.497 e. The monoisotopic (exact) mass is 356 g/mol. The molecule has 0 saturated carbocycles. The van der Waals surface area contributed by atoms with Crippen molar-refractivity contribution >= 4 is 5.69 Å². The van der Waals surface area contributed by atoms with Crippen LogP contribution in [0.2, 0.25) is 0 Å². The first-order valence-corrected chi connectivity index (χ1v) is 9.39. The maximum Gasteiger partial charge on any atom is 0.120 e. The van der Waals surface area contributed by atoms with Crippen molar-refractivity contribution in [1.29, 1.82) is 0 Å². The van der Waals surface area contributed by atoms with Crippen LogP contribution in [-0.4, -0.2) is 53.1 Å². The van der Waals surface area contributed by atoms with Crippen LogP contribution in [0, 0.1) is 0 Å². The van der Waals surface area contributed by atoms with Crippen molar-refractivity contribution in [2.45, 2.75) is 37.5 Å². The number of methoxy groups -OCH3 is 1. The zero-order valence-corrected chi connectivity index (χ0v) is 15.6. The van der Waals surface area contributed by atoms with E-state index in [9.17, 15) is 0 Å². The second kappa shape index (κ2) is 7.29. The minimum absolute atomic E-state index is 0.0436. The van der Waals surface area contributed by atoms with Crippen molar-refractivity contribution in [1.82, 2.24) is 14.7 Å². The van der Waals surface area contributed by atoms with Gasteiger partial charge in [0, 0.05) is 50.2 Å². The molecule has 6 nitrogen and oxygen atoms in total. The van der Waals surface area contributed by atoms with E-state index >= 15 is 0 Å². The molecule has 2 aromatic rings. The Bertz CT molecular complexity index is 737. The highest BCUT2D eigenvalue weighted by molar-refractivity contribution is 5.49. The number of hydrogen-bond acceptors (Lipinski definition) is 5. The predicted octanol–water partition coefficient (Wildman–Crippen LogP) is 2.66. The Balaban J connectivity index is 1.29. The average Bonchev–Trinajstić information content (AvgIpc) is 3.24. The fourth-order valence-electron chi connectivity index (χ4n) is 4.16. The van der Waals surface area contributed by atoms with Gasteiger partial charge in [-0.2, -0.15) is 5.10 Å². The number of aryl methyl sites for hydroxylation is 1. The van der Waals surface area contributed by atoms with Crippen LogP contribution < -0.4 is 10.1 Å². The quantitative estimate of drug-likeness (QED) is 0.893. The summed E-state index contributed by atoms with van der Waals surface area (Å²) < 4.78 is 13.5. The van der Waals surface area contributed by atoms with E-state index in [-0.39, 0.29) is 5.60 Å². The average molecular weight is 356 g/mol. The van der Waals surface area contributed by atoms with Crippen LogP contribution in [0.4, 0.5) is 5.69 Å². The SMILES string of the molecule is COc1cccc(N[C@H]2COC3(CCN(Cc4cnn(C)c4)CC3)C2)c1. The van der Waals surface area contributed by atoms with Crippen LogP contribution in [0.15, 0.2) is 36.7 Å². The Morgan fingerprint density at radius 2 is 2.19 bits per heavy atom. The van der Waals surface area contributed by atoms with Gasteiger partial charge in [-0.05, 0) is 31.4 Å². The van der Waals surface area contributed by atoms with E-state index in [4.69, 9.17) is 9.47 Å². The van der Waals surface area contributed by atoms with E-state index in [0.717, 1.165) is 56.9 Å². The Morgan fingerprint density at radius 1 is 1.35 bits per heavy atom. The van der Waals surface area contributed by atoms with Crippen molar-refractivity contribution in [3.63, 3.8) is 0 Å². The van der Waals surface area contributed by atoms with Crippen LogP contribution >= 0.6 is 0 Å². The summed E-state index contributed by atoms with van der Waals surface area (Å²) in [5.41, 5.74) is 2.43. The van der Waals surface area contributed by atoms with Crippen LogP contribution in [0.1, 0.15) is 24.8 Å². The second-order valence-corrected chi connectivity index (χ2v) is 7.57. The van der Waals surface area contributed by atoms with Crippen molar-refractivity contribution < 1.29 is 9.47 Å². The molecule has 0 bridgehead atoms. The molecule has 1 aromatic heterocycles. The molecular weight excluding hydrogens is 328 g/mol. The first-order valence-electron chi connectivity index (χ1n) is 9.39. The zero-order chi connectivity index (χ0) is 18.0. The molecule has 140 valence electrons. The topological polar surface area (TPSA) is 51.5 Å². The van der Waals surface area contributed by atoms with Gasteiger partial charge < -0.3 is 14.8 Å². The van der Waals surface area contributed by atoms with Gasteiger partial charge in [0.15, 0.2) is 0 Å². The molecule has 2 saturated heterocycles. The molecule has 0 unspecified atom stereocenters. The molecule has 6 heteroatoms. The number of anilines is 1. The van der Waals surface area contributed by atoms with Gasteiger partial charge in [-0.1, -0.05) is 6.07 Å². The lowest BCUT2D eigenvalue weighted by atomic mass is 9.87. The van der Waals surface area contributed by atoms with Crippen LogP contribution in [0.5, 0.6) is 5.75 Å². The fourth-order valence-corrected chi connectivity index (χ4v) is 4.16. The van der Waals surface area contributed by atoms with Gasteiger partial charge in [-0.25, -0.2) is 0 Å². The number of nitrogens with one attached hydrogen (secondary N) is 1. The van der Waals surface area contributed by atoms with Crippen molar-refractivity contribution in [2.75, 3.05) is 32.1 Å². The lowest BCUT2D eigenvalue weighted by Crippen LogP contribution is -2.44. The molecule has 3 heterocycles. The zero-order valence-electron chi connectivity index (χ0n) is 15.6. The van der Waals surface area contributed by atoms with Gasteiger partial charge >= 0.3 is 0 Å². The van der Waals surface area contributed by atoms with Crippen LogP contribution in [0.25, 0.3) is 0 Å². The summed E-state index contributed by atoms with van der Waals surface area (Å²) in [5, 5.41) is 7.87. The molecule has 2 aliphatic rings. The van der Waals surface area contributed by atoms with E-state index in [1.54, 1.807) is 7.11 Å². The maximum absolute atomic E-state index is 6.29. The summed E-state index contributed by atoms with van der Waals surface area (Å²) in [6.07, 6.45) is 7.34. The highest BCUT2D eigenvalue weighted by atomic mass is 16.5. The lowest BCUT2D eigenvalue weighted by Gasteiger charge is -2.38. The minimum atomic E-state index is 0.0436. The van der Waals surface area contributed by atoms with E-state index in [2.05, 4.69) is 27.6 Å². The molecular formula is C20H28N4O2. The second-order valence-electron chi connectivity index (χ2n) is 7.57. The van der Waals surface area contributed by atoms with E-state index in [0.29, 0.717) is 6.04 Å². The normalized spacial score (nSPS) is 22.6. The van der Waals surface area contributed by atoms with Crippen molar-refractivity contribution in [2.24, 2.45) is 7.05 Å². The molecule has 1 aromatic carbocycles. The summed E-state index contributed by atoms with van der Waals surface area (Å²) in [7, 11) is 3.67. The summed E-state index contributed by atoms with van der Waals surface area (Å²) in [5.74, 6) is 0.882. The maximum atomic E-state index is 6.29. The van der Waals surface area contributed by atoms with E-state index in [1.807, 2.05) is 36.1 Å². The molecule has 1 N–H and O–H groups in total. The number of ether oxygens (including phenoxy) is 2. The molecule has 0 radical (unpaired) electrons. The number of likely N-dealkylation sites (tertiary alicyclic amines) is 1. The summed E-state index contributed by atoms with van der Waals surface area (Å²) in [6, 6.07) is 8.48. The summed E-state index contributed by atoms with van der Waals surface area (Å²) in [6.45, 7) is 3.93. The van der Waals surface area contributed by atoms with Crippen LogP contribution in [0.3, 0.4) is 0 Å². The van der Waals surface area contributed by atoms with Gasteiger partial charge in [-0.15, -0.1) is 0 Å². The number of hydrogen-bond donors (Lipinski definition) is 1. The first kappa shape index (κ1) is 17.4. The summed E-state index contributed by atoms with van der Waals surface area (Å²) >= 11 is 0. The van der Waals surface area contributed by atoms with E-state index in [1.165, 1.54) is 5.56 Å². The molecule has 26 heavy (non-hydrogen) atoms. The fraction of sp³-hybridized carbons (Fsp3) is 0.550. The molecule has 0 amide bonds. The minimum Gasteiger partial charge on any atom is -0.497 e. The van der Waals surface area contributed by atoms with Crippen molar-refractivity contribution in [3.05, 3.63) is 42.2 Å². The Labute approximate surface area is 155 Å². The standard InChI is InChI=1S/C20H28N4O2/c1-23-13-16(12-21-23)14-24-8-6-20(7-9-24)11-18(15-26-20)22-17-4-3-5-19(10-17)25-2/h3-5,10,12-13,18,22H,6-9,11,14-15H2,1-2H3/t18-/m1/s1. The van der Waals surface area contributed by atoms with Crippen LogP contribution in [-0.2, 0) is 18.3 Å². The van der Waals surface area contributed by atoms with E-state index < -0.39 is 0 Å². The smallest absolute Gasteiger partial charge is 0.120 e. The highest BCUT2D eigenvalue weighted by Gasteiger charge is 2.42. The number of rotatable bonds is 5. The summed E-state index contributed by atoms with van der Waals surface area (Å²) in [4.78, 5) is 2.51. The lowest BCUT2D eigenvalue weighted by molar-refractivity contribution is -0.0448. The Hall–Kier alpha value is -2.05. The third kappa shape index (κ3) is 3.86. The first-order chi connectivity index (χ1) is 12.6. The number of benzene rings is 1. The van der Waals surface area contributed by atoms with Gasteiger partial charge in [0.1, 0.15) is 5.75 Å². The predicted molar refractivity (Wildman–Crippen MR) is 101 cm³/mol. The molecule has 0 aliphatic carbocycles. The molecule has 2 aliphatic heterocycles. The number of aromatic nitrogens is 2. The third-order valence-corrected chi connectivity index (χ3v) is 5.58. The number of nitrogens with zero attached hydrogens (tertiary/aromatic N) is 3. The van der Waals surface area contributed by atoms with Gasteiger partial charge in [0.25, 0.3) is 0 Å². The Kier molecular flexibility index (Phi) is 4.87. The van der Waals surface area contributed by atoms with Gasteiger partial charge in [0.2, 0.25) is 0 Å². The molecule has 1 spiro atoms. The third-order valence-electron chi connectivity index (χ3n) is 5.58. The number of piperidine rings is 1. The van der Waals surface area contributed by atoms with Crippen molar-refractivity contribution in [3.8, 4) is 5.75 Å². The molecule has 2 fully saturated rings. The molecule has 1 atom stereocenters.